The zero-order chi connectivity index (χ0) is 15.6. The number of hydrogen-bond acceptors (Lipinski definition) is 3. The third-order valence-electron chi connectivity index (χ3n) is 2.70. The SMILES string of the molecule is O=C(CS(=O)(=O)c1cc(F)ccc1F)c1cccc(F)c1. The molecule has 0 aromatic heterocycles. The normalized spacial score (nSPS) is 11.4. The summed E-state index contributed by atoms with van der Waals surface area (Å²) >= 11 is 0. The number of benzene rings is 2. The summed E-state index contributed by atoms with van der Waals surface area (Å²) < 4.78 is 63.4. The van der Waals surface area contributed by atoms with Crippen LogP contribution in [0.5, 0.6) is 0 Å². The molecule has 2 aromatic rings. The van der Waals surface area contributed by atoms with E-state index >= 15 is 0 Å². The first-order chi connectivity index (χ1) is 9.79. The Kier molecular flexibility index (Phi) is 4.13. The van der Waals surface area contributed by atoms with Crippen molar-refractivity contribution in [1.82, 2.24) is 0 Å². The van der Waals surface area contributed by atoms with Crippen LogP contribution in [0.3, 0.4) is 0 Å². The molecule has 0 atom stereocenters. The number of hydrogen-bond donors (Lipinski definition) is 0. The van der Waals surface area contributed by atoms with E-state index in [1.54, 1.807) is 0 Å². The zero-order valence-corrected chi connectivity index (χ0v) is 11.3. The second-order valence-electron chi connectivity index (χ2n) is 4.27. The standard InChI is InChI=1S/C14H9F3O3S/c15-10-3-1-2-9(6-10)13(18)8-21(19,20)14-7-11(16)4-5-12(14)17/h1-7H,8H2. The molecule has 0 radical (unpaired) electrons. The molecule has 0 bridgehead atoms. The molecule has 0 aliphatic heterocycles. The molecule has 0 amide bonds. The lowest BCUT2D eigenvalue weighted by Crippen LogP contribution is -2.18. The Morgan fingerprint density at radius 1 is 0.952 bits per heavy atom. The summed E-state index contributed by atoms with van der Waals surface area (Å²) in [6.07, 6.45) is 0. The van der Waals surface area contributed by atoms with Gasteiger partial charge in [0.25, 0.3) is 0 Å². The number of halogens is 3. The van der Waals surface area contributed by atoms with Crippen molar-refractivity contribution in [1.29, 1.82) is 0 Å². The Hall–Kier alpha value is -2.15. The lowest BCUT2D eigenvalue weighted by atomic mass is 10.1. The monoisotopic (exact) mass is 314 g/mol. The molecule has 0 aliphatic rings. The van der Waals surface area contributed by atoms with Gasteiger partial charge in [-0.25, -0.2) is 21.6 Å². The van der Waals surface area contributed by atoms with Crippen molar-refractivity contribution in [2.45, 2.75) is 4.90 Å². The fourth-order valence-corrected chi connectivity index (χ4v) is 3.04. The van der Waals surface area contributed by atoms with Gasteiger partial charge < -0.3 is 0 Å². The topological polar surface area (TPSA) is 51.2 Å². The van der Waals surface area contributed by atoms with Crippen molar-refractivity contribution in [3.05, 3.63) is 65.5 Å². The average Bonchev–Trinajstić information content (AvgIpc) is 2.41. The molecule has 0 fully saturated rings. The van der Waals surface area contributed by atoms with Gasteiger partial charge in [0.05, 0.1) is 0 Å². The third-order valence-corrected chi connectivity index (χ3v) is 4.32. The van der Waals surface area contributed by atoms with Gasteiger partial charge in [-0.2, -0.15) is 0 Å². The van der Waals surface area contributed by atoms with Crippen molar-refractivity contribution in [2.24, 2.45) is 0 Å². The summed E-state index contributed by atoms with van der Waals surface area (Å²) in [4.78, 5) is 10.9. The molecule has 21 heavy (non-hydrogen) atoms. The molecule has 0 heterocycles. The van der Waals surface area contributed by atoms with Crippen LogP contribution in [0.1, 0.15) is 10.4 Å². The maximum absolute atomic E-state index is 13.5. The molecule has 0 spiro atoms. The Morgan fingerprint density at radius 2 is 1.62 bits per heavy atom. The summed E-state index contributed by atoms with van der Waals surface area (Å²) in [5.41, 5.74) is -0.157. The number of Topliss-reactive ketones (excluding diaryl/α,β-unsaturated/α-hetero) is 1. The van der Waals surface area contributed by atoms with E-state index in [0.717, 1.165) is 18.2 Å². The van der Waals surface area contributed by atoms with Crippen molar-refractivity contribution in [3.8, 4) is 0 Å². The van der Waals surface area contributed by atoms with Crippen LogP contribution in [0.25, 0.3) is 0 Å². The number of rotatable bonds is 4. The first-order valence-corrected chi connectivity index (χ1v) is 7.41. The van der Waals surface area contributed by atoms with E-state index in [-0.39, 0.29) is 5.56 Å². The van der Waals surface area contributed by atoms with Crippen molar-refractivity contribution in [3.63, 3.8) is 0 Å². The lowest BCUT2D eigenvalue weighted by molar-refractivity contribution is 0.102. The summed E-state index contributed by atoms with van der Waals surface area (Å²) in [5, 5.41) is 0. The van der Waals surface area contributed by atoms with Crippen LogP contribution < -0.4 is 0 Å². The molecule has 2 rings (SSSR count). The van der Waals surface area contributed by atoms with Crippen molar-refractivity contribution < 1.29 is 26.4 Å². The molecule has 0 unspecified atom stereocenters. The van der Waals surface area contributed by atoms with Gasteiger partial charge in [-0.05, 0) is 30.3 Å². The molecule has 0 saturated heterocycles. The second-order valence-corrected chi connectivity index (χ2v) is 6.23. The number of ketones is 1. The Morgan fingerprint density at radius 3 is 2.29 bits per heavy atom. The van der Waals surface area contributed by atoms with Crippen LogP contribution in [0.2, 0.25) is 0 Å². The molecular weight excluding hydrogens is 305 g/mol. The van der Waals surface area contributed by atoms with Gasteiger partial charge in [-0.3, -0.25) is 4.79 Å². The molecule has 0 saturated carbocycles. The van der Waals surface area contributed by atoms with Gasteiger partial charge in [0.2, 0.25) is 0 Å². The van der Waals surface area contributed by atoms with E-state index in [9.17, 15) is 26.4 Å². The Labute approximate surface area is 119 Å². The van der Waals surface area contributed by atoms with Gasteiger partial charge in [0, 0.05) is 5.56 Å². The average molecular weight is 314 g/mol. The zero-order valence-electron chi connectivity index (χ0n) is 10.5. The number of carbonyl (C=O) groups is 1. The first-order valence-electron chi connectivity index (χ1n) is 5.76. The molecule has 0 aliphatic carbocycles. The van der Waals surface area contributed by atoms with Crippen LogP contribution in [-0.2, 0) is 9.84 Å². The van der Waals surface area contributed by atoms with Crippen LogP contribution in [0.4, 0.5) is 13.2 Å². The summed E-state index contributed by atoms with van der Waals surface area (Å²) in [5.74, 6) is -4.76. The quantitative estimate of drug-likeness (QED) is 0.815. The Bertz CT molecular complexity index is 801. The Balaban J connectivity index is 2.33. The number of sulfone groups is 1. The third kappa shape index (κ3) is 3.49. The summed E-state index contributed by atoms with van der Waals surface area (Å²) in [6, 6.07) is 6.39. The second kappa shape index (κ2) is 5.69. The highest BCUT2D eigenvalue weighted by Crippen LogP contribution is 2.18. The van der Waals surface area contributed by atoms with Gasteiger partial charge in [-0.1, -0.05) is 12.1 Å². The van der Waals surface area contributed by atoms with Crippen molar-refractivity contribution >= 4 is 15.6 Å². The van der Waals surface area contributed by atoms with Gasteiger partial charge in [-0.15, -0.1) is 0 Å². The molecule has 3 nitrogen and oxygen atoms in total. The highest BCUT2D eigenvalue weighted by Gasteiger charge is 2.24. The molecule has 7 heteroatoms. The van der Waals surface area contributed by atoms with E-state index in [4.69, 9.17) is 0 Å². The minimum absolute atomic E-state index is 0.157. The van der Waals surface area contributed by atoms with Gasteiger partial charge in [0.1, 0.15) is 28.1 Å². The summed E-state index contributed by atoms with van der Waals surface area (Å²) in [7, 11) is -4.36. The lowest BCUT2D eigenvalue weighted by Gasteiger charge is -2.06. The van der Waals surface area contributed by atoms with E-state index in [1.807, 2.05) is 0 Å². The minimum atomic E-state index is -4.36. The van der Waals surface area contributed by atoms with Crippen LogP contribution in [-0.4, -0.2) is 20.0 Å². The predicted octanol–water partition coefficient (Wildman–Crippen LogP) is 2.76. The predicted molar refractivity (Wildman–Crippen MR) is 69.1 cm³/mol. The highest BCUT2D eigenvalue weighted by molar-refractivity contribution is 7.92. The van der Waals surface area contributed by atoms with E-state index < -0.39 is 43.7 Å². The maximum Gasteiger partial charge on any atom is 0.188 e. The van der Waals surface area contributed by atoms with E-state index in [1.165, 1.54) is 12.1 Å². The van der Waals surface area contributed by atoms with Crippen molar-refractivity contribution in [2.75, 3.05) is 5.75 Å². The highest BCUT2D eigenvalue weighted by atomic mass is 32.2. The van der Waals surface area contributed by atoms with Crippen LogP contribution >= 0.6 is 0 Å². The van der Waals surface area contributed by atoms with Gasteiger partial charge in [0.15, 0.2) is 15.6 Å². The number of carbonyl (C=O) groups excluding carboxylic acids is 1. The van der Waals surface area contributed by atoms with E-state index in [0.29, 0.717) is 12.1 Å². The van der Waals surface area contributed by atoms with Crippen LogP contribution in [0, 0.1) is 17.5 Å². The van der Waals surface area contributed by atoms with Gasteiger partial charge >= 0.3 is 0 Å². The minimum Gasteiger partial charge on any atom is -0.293 e. The first kappa shape index (κ1) is 15.2. The summed E-state index contributed by atoms with van der Waals surface area (Å²) in [6.45, 7) is 0. The fourth-order valence-electron chi connectivity index (χ4n) is 1.71. The van der Waals surface area contributed by atoms with E-state index in [2.05, 4.69) is 0 Å². The van der Waals surface area contributed by atoms with Crippen LogP contribution in [0.15, 0.2) is 47.4 Å². The molecular formula is C14H9F3O3S. The molecule has 2 aromatic carbocycles. The molecule has 110 valence electrons. The maximum atomic E-state index is 13.5. The molecule has 0 N–H and O–H groups in total. The smallest absolute Gasteiger partial charge is 0.188 e. The largest absolute Gasteiger partial charge is 0.293 e. The fraction of sp³-hybridized carbons (Fsp3) is 0.0714.